The van der Waals surface area contributed by atoms with E-state index in [0.29, 0.717) is 0 Å². The lowest BCUT2D eigenvalue weighted by atomic mass is 10.1. The lowest BCUT2D eigenvalue weighted by Gasteiger charge is -2.27. The SMILES string of the molecule is Cc1c(N2CCOCC2)nn(-c2ccccc2)c1-c1ccccc1. The molecule has 0 aliphatic carbocycles. The molecule has 1 aromatic heterocycles. The standard InChI is InChI=1S/C20H21N3O/c1-16-19(17-8-4-2-5-9-17)23(18-10-6-3-7-11-18)21-20(16)22-12-14-24-15-13-22/h2-11H,12-15H2,1H3. The third kappa shape index (κ3) is 2.69. The molecule has 4 rings (SSSR count). The van der Waals surface area contributed by atoms with Gasteiger partial charge < -0.3 is 9.64 Å². The first-order chi connectivity index (χ1) is 11.8. The molecule has 1 saturated heterocycles. The van der Waals surface area contributed by atoms with Crippen LogP contribution in [0.25, 0.3) is 16.9 Å². The van der Waals surface area contributed by atoms with Crippen LogP contribution in [0.2, 0.25) is 0 Å². The number of rotatable bonds is 3. The predicted octanol–water partition coefficient (Wildman–Crippen LogP) is 3.68. The van der Waals surface area contributed by atoms with Gasteiger partial charge in [-0.1, -0.05) is 48.5 Å². The van der Waals surface area contributed by atoms with E-state index in [1.54, 1.807) is 0 Å². The summed E-state index contributed by atoms with van der Waals surface area (Å²) in [6, 6.07) is 20.8. The van der Waals surface area contributed by atoms with Gasteiger partial charge in [-0.2, -0.15) is 0 Å². The molecular weight excluding hydrogens is 298 g/mol. The Morgan fingerprint density at radius 1 is 0.875 bits per heavy atom. The summed E-state index contributed by atoms with van der Waals surface area (Å²) >= 11 is 0. The second-order valence-electron chi connectivity index (χ2n) is 6.01. The van der Waals surface area contributed by atoms with Gasteiger partial charge in [0.05, 0.1) is 24.6 Å². The Morgan fingerprint density at radius 3 is 2.17 bits per heavy atom. The van der Waals surface area contributed by atoms with Crippen LogP contribution in [0.4, 0.5) is 5.82 Å². The summed E-state index contributed by atoms with van der Waals surface area (Å²) in [6.45, 7) is 5.47. The third-order valence-electron chi connectivity index (χ3n) is 4.46. The van der Waals surface area contributed by atoms with E-state index in [1.165, 1.54) is 11.1 Å². The topological polar surface area (TPSA) is 30.3 Å². The number of aromatic nitrogens is 2. The van der Waals surface area contributed by atoms with Crippen molar-refractivity contribution in [3.05, 3.63) is 66.2 Å². The van der Waals surface area contributed by atoms with Crippen LogP contribution in [-0.4, -0.2) is 36.1 Å². The van der Waals surface area contributed by atoms with E-state index in [1.807, 2.05) is 12.1 Å². The number of hydrogen-bond donors (Lipinski definition) is 0. The number of para-hydroxylation sites is 1. The first-order valence-electron chi connectivity index (χ1n) is 8.38. The molecular formula is C20H21N3O. The quantitative estimate of drug-likeness (QED) is 0.737. The van der Waals surface area contributed by atoms with Crippen molar-refractivity contribution in [1.82, 2.24) is 9.78 Å². The Labute approximate surface area is 142 Å². The van der Waals surface area contributed by atoms with E-state index in [-0.39, 0.29) is 0 Å². The number of morpholine rings is 1. The van der Waals surface area contributed by atoms with E-state index in [9.17, 15) is 0 Å². The minimum atomic E-state index is 0.762. The van der Waals surface area contributed by atoms with Crippen LogP contribution in [0.15, 0.2) is 60.7 Å². The molecule has 4 nitrogen and oxygen atoms in total. The van der Waals surface area contributed by atoms with Crippen LogP contribution in [0.5, 0.6) is 0 Å². The summed E-state index contributed by atoms with van der Waals surface area (Å²) in [4.78, 5) is 2.32. The molecule has 3 aromatic rings. The Morgan fingerprint density at radius 2 is 1.50 bits per heavy atom. The zero-order chi connectivity index (χ0) is 16.4. The molecule has 122 valence electrons. The monoisotopic (exact) mass is 319 g/mol. The van der Waals surface area contributed by atoms with Gasteiger partial charge in [0.2, 0.25) is 0 Å². The summed E-state index contributed by atoms with van der Waals surface area (Å²) in [5.74, 6) is 1.06. The van der Waals surface area contributed by atoms with Gasteiger partial charge >= 0.3 is 0 Å². The van der Waals surface area contributed by atoms with Gasteiger partial charge in [-0.05, 0) is 19.1 Å². The number of nitrogens with zero attached hydrogens (tertiary/aromatic N) is 3. The van der Waals surface area contributed by atoms with Gasteiger partial charge in [0, 0.05) is 24.2 Å². The zero-order valence-corrected chi connectivity index (χ0v) is 13.9. The summed E-state index contributed by atoms with van der Waals surface area (Å²) < 4.78 is 7.56. The van der Waals surface area contributed by atoms with E-state index in [2.05, 4.69) is 65.0 Å². The normalized spacial score (nSPS) is 14.8. The minimum absolute atomic E-state index is 0.762. The largest absolute Gasteiger partial charge is 0.378 e. The van der Waals surface area contributed by atoms with E-state index >= 15 is 0 Å². The van der Waals surface area contributed by atoms with Gasteiger partial charge in [0.1, 0.15) is 0 Å². The number of ether oxygens (including phenoxy) is 1. The Balaban J connectivity index is 1.88. The van der Waals surface area contributed by atoms with Gasteiger partial charge in [0.25, 0.3) is 0 Å². The Bertz CT molecular complexity index is 806. The smallest absolute Gasteiger partial charge is 0.154 e. The van der Waals surface area contributed by atoms with Crippen molar-refractivity contribution >= 4 is 5.82 Å². The lowest BCUT2D eigenvalue weighted by Crippen LogP contribution is -2.36. The summed E-state index contributed by atoms with van der Waals surface area (Å²) in [6.07, 6.45) is 0. The van der Waals surface area contributed by atoms with Crippen molar-refractivity contribution in [1.29, 1.82) is 0 Å². The van der Waals surface area contributed by atoms with Crippen LogP contribution in [0.3, 0.4) is 0 Å². The maximum Gasteiger partial charge on any atom is 0.154 e. The molecule has 0 amide bonds. The van der Waals surface area contributed by atoms with Crippen molar-refractivity contribution in [3.63, 3.8) is 0 Å². The molecule has 1 fully saturated rings. The second-order valence-corrected chi connectivity index (χ2v) is 6.01. The van der Waals surface area contributed by atoms with E-state index in [0.717, 1.165) is 43.5 Å². The van der Waals surface area contributed by atoms with Gasteiger partial charge in [-0.25, -0.2) is 4.68 Å². The van der Waals surface area contributed by atoms with Crippen LogP contribution < -0.4 is 4.90 Å². The first-order valence-corrected chi connectivity index (χ1v) is 8.38. The number of benzene rings is 2. The summed E-state index contributed by atoms with van der Waals surface area (Å²) in [5, 5.41) is 4.97. The molecule has 0 saturated carbocycles. The predicted molar refractivity (Wildman–Crippen MR) is 96.8 cm³/mol. The maximum atomic E-state index is 5.49. The number of anilines is 1. The second kappa shape index (κ2) is 6.49. The fourth-order valence-electron chi connectivity index (χ4n) is 3.25. The molecule has 0 bridgehead atoms. The van der Waals surface area contributed by atoms with Crippen molar-refractivity contribution in [2.24, 2.45) is 0 Å². The van der Waals surface area contributed by atoms with Gasteiger partial charge in [-0.15, -0.1) is 5.10 Å². The van der Waals surface area contributed by atoms with Crippen molar-refractivity contribution < 1.29 is 4.74 Å². The molecule has 2 heterocycles. The Hall–Kier alpha value is -2.59. The summed E-state index contributed by atoms with van der Waals surface area (Å²) in [7, 11) is 0. The van der Waals surface area contributed by atoms with Crippen molar-refractivity contribution in [2.45, 2.75) is 6.92 Å². The summed E-state index contributed by atoms with van der Waals surface area (Å²) in [5.41, 5.74) is 4.64. The fourth-order valence-corrected chi connectivity index (χ4v) is 3.25. The van der Waals surface area contributed by atoms with Crippen LogP contribution >= 0.6 is 0 Å². The average molecular weight is 319 g/mol. The molecule has 2 aromatic carbocycles. The minimum Gasteiger partial charge on any atom is -0.378 e. The fraction of sp³-hybridized carbons (Fsp3) is 0.250. The molecule has 0 N–H and O–H groups in total. The highest BCUT2D eigenvalue weighted by molar-refractivity contribution is 5.71. The van der Waals surface area contributed by atoms with E-state index in [4.69, 9.17) is 9.84 Å². The van der Waals surface area contributed by atoms with Crippen LogP contribution in [-0.2, 0) is 4.74 Å². The Kier molecular flexibility index (Phi) is 4.05. The molecule has 4 heteroatoms. The zero-order valence-electron chi connectivity index (χ0n) is 13.9. The molecule has 1 aliphatic rings. The molecule has 0 radical (unpaired) electrons. The molecule has 0 atom stereocenters. The average Bonchev–Trinajstić information content (AvgIpc) is 3.01. The molecule has 24 heavy (non-hydrogen) atoms. The third-order valence-corrected chi connectivity index (χ3v) is 4.46. The number of hydrogen-bond acceptors (Lipinski definition) is 3. The highest BCUT2D eigenvalue weighted by Gasteiger charge is 2.22. The van der Waals surface area contributed by atoms with Gasteiger partial charge in [-0.3, -0.25) is 0 Å². The maximum absolute atomic E-state index is 5.49. The highest BCUT2D eigenvalue weighted by Crippen LogP contribution is 2.33. The lowest BCUT2D eigenvalue weighted by molar-refractivity contribution is 0.122. The van der Waals surface area contributed by atoms with Crippen LogP contribution in [0.1, 0.15) is 5.56 Å². The highest BCUT2D eigenvalue weighted by atomic mass is 16.5. The molecule has 0 spiro atoms. The van der Waals surface area contributed by atoms with Gasteiger partial charge in [0.15, 0.2) is 5.82 Å². The molecule has 0 unspecified atom stereocenters. The first kappa shape index (κ1) is 15.0. The van der Waals surface area contributed by atoms with Crippen molar-refractivity contribution in [3.8, 4) is 16.9 Å². The molecule has 1 aliphatic heterocycles. The van der Waals surface area contributed by atoms with E-state index < -0.39 is 0 Å². The van der Waals surface area contributed by atoms with Crippen LogP contribution in [0, 0.1) is 6.92 Å². The van der Waals surface area contributed by atoms with Crippen molar-refractivity contribution in [2.75, 3.05) is 31.2 Å².